The highest BCUT2D eigenvalue weighted by atomic mass is 19.1. The van der Waals surface area contributed by atoms with Crippen molar-refractivity contribution in [3.8, 4) is 0 Å². The van der Waals surface area contributed by atoms with Crippen molar-refractivity contribution in [1.29, 1.82) is 0 Å². The molecule has 1 nitrogen and oxygen atoms in total. The average Bonchev–Trinajstić information content (AvgIpc) is 2.90. The average molecular weight is 350 g/mol. The lowest BCUT2D eigenvalue weighted by molar-refractivity contribution is 0.0721. The van der Waals surface area contributed by atoms with Crippen molar-refractivity contribution in [2.24, 2.45) is 0 Å². The molecule has 1 atom stereocenters. The van der Waals surface area contributed by atoms with Crippen LogP contribution in [0.3, 0.4) is 0 Å². The van der Waals surface area contributed by atoms with E-state index in [-0.39, 0.29) is 5.82 Å². The number of hydrogen-bond donors (Lipinski definition) is 0. The maximum atomic E-state index is 13.4. The summed E-state index contributed by atoms with van der Waals surface area (Å²) in [6.07, 6.45) is 6.23. The van der Waals surface area contributed by atoms with Crippen molar-refractivity contribution in [2.75, 3.05) is 0 Å². The monoisotopic (exact) mass is 350 g/mol. The van der Waals surface area contributed by atoms with Crippen LogP contribution in [0.4, 0.5) is 4.39 Å². The molecule has 0 amide bonds. The molecule has 0 fully saturated rings. The molecule has 0 radical (unpaired) electrons. The largest absolute Gasteiger partial charge is 0.478 e. The van der Waals surface area contributed by atoms with Crippen LogP contribution in [0.25, 0.3) is 6.08 Å². The first-order chi connectivity index (χ1) is 12.6. The zero-order chi connectivity index (χ0) is 18.6. The summed E-state index contributed by atoms with van der Waals surface area (Å²) in [7, 11) is 0. The zero-order valence-corrected chi connectivity index (χ0v) is 15.9. The third kappa shape index (κ3) is 3.60. The Morgan fingerprint density at radius 3 is 2.19 bits per heavy atom. The van der Waals surface area contributed by atoms with Crippen molar-refractivity contribution in [3.05, 3.63) is 88.4 Å². The van der Waals surface area contributed by atoms with Crippen molar-refractivity contribution in [1.82, 2.24) is 0 Å². The van der Waals surface area contributed by atoms with Gasteiger partial charge < -0.3 is 4.74 Å². The van der Waals surface area contributed by atoms with Gasteiger partial charge in [0.25, 0.3) is 0 Å². The molecule has 136 valence electrons. The lowest BCUT2D eigenvalue weighted by Gasteiger charge is -2.28. The molecule has 0 saturated carbocycles. The second kappa shape index (κ2) is 7.90. The number of ether oxygens (including phenoxy) is 1. The summed E-state index contributed by atoms with van der Waals surface area (Å²) in [6.45, 7) is 6.51. The lowest BCUT2D eigenvalue weighted by Crippen LogP contribution is -2.24. The van der Waals surface area contributed by atoms with Gasteiger partial charge in [-0.05, 0) is 60.2 Å². The lowest BCUT2D eigenvalue weighted by atomic mass is 9.83. The SMILES string of the molecule is CCCC1=C(CCC)C(C)(c2ccc(F)cc2)O/C1=C\c1ccccc1. The Morgan fingerprint density at radius 2 is 1.58 bits per heavy atom. The maximum Gasteiger partial charge on any atom is 0.153 e. The predicted molar refractivity (Wildman–Crippen MR) is 106 cm³/mol. The number of allylic oxidation sites excluding steroid dienone is 1. The van der Waals surface area contributed by atoms with Gasteiger partial charge in [-0.1, -0.05) is 69.2 Å². The fraction of sp³-hybridized carbons (Fsp3) is 0.333. The molecule has 0 saturated heterocycles. The van der Waals surface area contributed by atoms with E-state index in [1.807, 2.05) is 30.3 Å². The van der Waals surface area contributed by atoms with E-state index in [9.17, 15) is 4.39 Å². The van der Waals surface area contributed by atoms with Crippen LogP contribution < -0.4 is 0 Å². The Morgan fingerprint density at radius 1 is 0.923 bits per heavy atom. The van der Waals surface area contributed by atoms with Crippen molar-refractivity contribution in [3.63, 3.8) is 0 Å². The third-order valence-electron chi connectivity index (χ3n) is 5.04. The first-order valence-corrected chi connectivity index (χ1v) is 9.53. The summed E-state index contributed by atoms with van der Waals surface area (Å²) >= 11 is 0. The van der Waals surface area contributed by atoms with Crippen LogP contribution in [0.15, 0.2) is 71.5 Å². The van der Waals surface area contributed by atoms with Crippen LogP contribution in [0.1, 0.15) is 57.6 Å². The number of benzene rings is 2. The molecule has 3 rings (SSSR count). The van der Waals surface area contributed by atoms with Gasteiger partial charge in [-0.15, -0.1) is 0 Å². The van der Waals surface area contributed by atoms with Crippen LogP contribution in [0.5, 0.6) is 0 Å². The number of rotatable bonds is 6. The van der Waals surface area contributed by atoms with Crippen molar-refractivity contribution >= 4 is 6.08 Å². The van der Waals surface area contributed by atoms with Gasteiger partial charge in [-0.25, -0.2) is 4.39 Å². The molecule has 0 N–H and O–H groups in total. The van der Waals surface area contributed by atoms with Crippen LogP contribution in [-0.4, -0.2) is 0 Å². The van der Waals surface area contributed by atoms with E-state index >= 15 is 0 Å². The van der Waals surface area contributed by atoms with Gasteiger partial charge in [0.05, 0.1) is 0 Å². The Bertz CT molecular complexity index is 802. The van der Waals surface area contributed by atoms with Gasteiger partial charge in [0, 0.05) is 0 Å². The Labute approximate surface area is 156 Å². The van der Waals surface area contributed by atoms with Crippen LogP contribution in [-0.2, 0) is 10.3 Å². The quantitative estimate of drug-likeness (QED) is 0.544. The van der Waals surface area contributed by atoms with E-state index in [0.29, 0.717) is 0 Å². The molecule has 2 heteroatoms. The fourth-order valence-electron chi connectivity index (χ4n) is 3.76. The Kier molecular flexibility index (Phi) is 5.61. The normalized spacial score (nSPS) is 21.3. The molecule has 26 heavy (non-hydrogen) atoms. The van der Waals surface area contributed by atoms with Crippen LogP contribution in [0.2, 0.25) is 0 Å². The molecule has 1 unspecified atom stereocenters. The second-order valence-corrected chi connectivity index (χ2v) is 7.02. The minimum absolute atomic E-state index is 0.217. The van der Waals surface area contributed by atoms with Crippen molar-refractivity contribution < 1.29 is 9.13 Å². The fourth-order valence-corrected chi connectivity index (χ4v) is 3.76. The van der Waals surface area contributed by atoms with E-state index in [0.717, 1.165) is 42.6 Å². The summed E-state index contributed by atoms with van der Waals surface area (Å²) in [5.41, 5.74) is 4.25. The second-order valence-electron chi connectivity index (χ2n) is 7.02. The molecule has 0 bridgehead atoms. The van der Waals surface area contributed by atoms with E-state index in [1.54, 1.807) is 0 Å². The topological polar surface area (TPSA) is 9.23 Å². The summed E-state index contributed by atoms with van der Waals surface area (Å²) in [6, 6.07) is 17.0. The highest BCUT2D eigenvalue weighted by molar-refractivity contribution is 5.60. The van der Waals surface area contributed by atoms with Crippen molar-refractivity contribution in [2.45, 2.75) is 52.1 Å². The van der Waals surface area contributed by atoms with E-state index in [2.05, 4.69) is 39.0 Å². The van der Waals surface area contributed by atoms with E-state index in [1.165, 1.54) is 23.3 Å². The Balaban J connectivity index is 2.11. The van der Waals surface area contributed by atoms with Gasteiger partial charge in [0.1, 0.15) is 11.6 Å². The van der Waals surface area contributed by atoms with Gasteiger partial charge >= 0.3 is 0 Å². The van der Waals surface area contributed by atoms with Gasteiger partial charge in [-0.2, -0.15) is 0 Å². The maximum absolute atomic E-state index is 13.4. The third-order valence-corrected chi connectivity index (χ3v) is 5.04. The molecule has 1 aliphatic rings. The van der Waals surface area contributed by atoms with Gasteiger partial charge in [-0.3, -0.25) is 0 Å². The molecule has 0 aliphatic carbocycles. The predicted octanol–water partition coefficient (Wildman–Crippen LogP) is 7.01. The smallest absolute Gasteiger partial charge is 0.153 e. The van der Waals surface area contributed by atoms with Crippen LogP contribution in [0, 0.1) is 5.82 Å². The standard InChI is InChI=1S/C24H27FO/c1-4-9-21-22(10-5-2)24(3,19-13-15-20(25)16-14-19)26-23(21)17-18-11-7-6-8-12-18/h6-8,11-17H,4-5,9-10H2,1-3H3/b23-17-. The summed E-state index contributed by atoms with van der Waals surface area (Å²) in [4.78, 5) is 0. The number of halogens is 1. The molecular weight excluding hydrogens is 323 g/mol. The zero-order valence-electron chi connectivity index (χ0n) is 15.9. The highest BCUT2D eigenvalue weighted by Crippen LogP contribution is 2.49. The molecular formula is C24H27FO. The molecule has 0 aromatic heterocycles. The first-order valence-electron chi connectivity index (χ1n) is 9.53. The van der Waals surface area contributed by atoms with Gasteiger partial charge in [0.15, 0.2) is 5.60 Å². The van der Waals surface area contributed by atoms with Gasteiger partial charge in [0.2, 0.25) is 0 Å². The molecule has 1 heterocycles. The molecule has 1 aliphatic heterocycles. The van der Waals surface area contributed by atoms with Crippen LogP contribution >= 0.6 is 0 Å². The highest BCUT2D eigenvalue weighted by Gasteiger charge is 2.41. The molecule has 0 spiro atoms. The summed E-state index contributed by atoms with van der Waals surface area (Å²) < 4.78 is 20.0. The Hall–Kier alpha value is -2.35. The van der Waals surface area contributed by atoms with E-state index < -0.39 is 5.60 Å². The molecule has 2 aromatic rings. The minimum atomic E-state index is -0.533. The minimum Gasteiger partial charge on any atom is -0.478 e. The molecule has 2 aromatic carbocycles. The van der Waals surface area contributed by atoms with E-state index in [4.69, 9.17) is 4.74 Å². The summed E-state index contributed by atoms with van der Waals surface area (Å²) in [5.74, 6) is 0.735. The number of hydrogen-bond acceptors (Lipinski definition) is 1. The summed E-state index contributed by atoms with van der Waals surface area (Å²) in [5, 5.41) is 0. The first kappa shape index (κ1) is 18.4.